The predicted octanol–water partition coefficient (Wildman–Crippen LogP) is 4.21. The second-order valence-corrected chi connectivity index (χ2v) is 8.19. The van der Waals surface area contributed by atoms with Gasteiger partial charge in [-0.2, -0.15) is 0 Å². The van der Waals surface area contributed by atoms with Gasteiger partial charge < -0.3 is 15.7 Å². The Labute approximate surface area is 178 Å². The van der Waals surface area contributed by atoms with Crippen LogP contribution >= 0.6 is 0 Å². The fraction of sp³-hybridized carbons (Fsp3) is 0.269. The summed E-state index contributed by atoms with van der Waals surface area (Å²) in [5, 5.41) is 9.82. The van der Waals surface area contributed by atoms with Crippen molar-refractivity contribution >= 4 is 11.6 Å². The van der Waals surface area contributed by atoms with Gasteiger partial charge in [-0.3, -0.25) is 4.79 Å². The lowest BCUT2D eigenvalue weighted by molar-refractivity contribution is -0.120. The average Bonchev–Trinajstić information content (AvgIpc) is 2.71. The summed E-state index contributed by atoms with van der Waals surface area (Å²) in [5.41, 5.74) is 14.0. The fourth-order valence-corrected chi connectivity index (χ4v) is 4.46. The number of anilines is 1. The minimum atomic E-state index is -0.661. The zero-order valence-electron chi connectivity index (χ0n) is 17.6. The van der Waals surface area contributed by atoms with Gasteiger partial charge in [-0.1, -0.05) is 42.5 Å². The van der Waals surface area contributed by atoms with Crippen molar-refractivity contribution in [1.29, 1.82) is 0 Å². The van der Waals surface area contributed by atoms with Crippen LogP contribution in [0.15, 0.2) is 60.7 Å². The molecule has 1 heterocycles. The van der Waals surface area contributed by atoms with Gasteiger partial charge in [0.15, 0.2) is 0 Å². The number of hydrogen-bond donors (Lipinski definition) is 2. The number of carbonyl (C=O) groups excluding carboxylic acids is 1. The summed E-state index contributed by atoms with van der Waals surface area (Å²) in [4.78, 5) is 15.4. The molecule has 0 saturated heterocycles. The van der Waals surface area contributed by atoms with Gasteiger partial charge in [0.2, 0.25) is 5.91 Å². The van der Waals surface area contributed by atoms with Crippen LogP contribution in [0.25, 0.3) is 0 Å². The molecule has 1 atom stereocenters. The van der Waals surface area contributed by atoms with Gasteiger partial charge in [-0.25, -0.2) is 0 Å². The lowest BCUT2D eigenvalue weighted by atomic mass is 9.93. The standard InChI is InChI=1S/C26H28N2O2/c1-17-13-22(29)14-18(2)23(17)15-24(27)26(30)28-16-21-9-4-3-7-19(21)11-12-20-8-5-6-10-25(20)28/h3-10,13-14,24,29H,11-12,15-16,27H2,1-2H3/t24-/m0/s1. The topological polar surface area (TPSA) is 66.6 Å². The van der Waals surface area contributed by atoms with Crippen LogP contribution in [0.1, 0.15) is 33.4 Å². The van der Waals surface area contributed by atoms with Gasteiger partial charge in [0.05, 0.1) is 12.6 Å². The zero-order chi connectivity index (χ0) is 21.3. The molecule has 0 radical (unpaired) electrons. The molecule has 4 heteroatoms. The van der Waals surface area contributed by atoms with Crippen molar-refractivity contribution in [1.82, 2.24) is 0 Å². The van der Waals surface area contributed by atoms with Crippen molar-refractivity contribution in [3.8, 4) is 5.75 Å². The molecular weight excluding hydrogens is 372 g/mol. The summed E-state index contributed by atoms with van der Waals surface area (Å²) in [6, 6.07) is 19.2. The van der Waals surface area contributed by atoms with Crippen molar-refractivity contribution in [3.63, 3.8) is 0 Å². The second-order valence-electron chi connectivity index (χ2n) is 8.19. The van der Waals surface area contributed by atoms with Crippen LogP contribution in [0.3, 0.4) is 0 Å². The minimum Gasteiger partial charge on any atom is -0.508 e. The van der Waals surface area contributed by atoms with Crippen LogP contribution in [0.2, 0.25) is 0 Å². The Kier molecular flexibility index (Phi) is 5.60. The molecule has 154 valence electrons. The number of phenols is 1. The largest absolute Gasteiger partial charge is 0.508 e. The minimum absolute atomic E-state index is 0.0778. The molecule has 3 aromatic rings. The molecule has 0 aliphatic carbocycles. The molecule has 1 aliphatic rings. The third-order valence-electron chi connectivity index (χ3n) is 6.08. The van der Waals surface area contributed by atoms with Crippen molar-refractivity contribution < 1.29 is 9.90 Å². The maximum absolute atomic E-state index is 13.6. The summed E-state index contributed by atoms with van der Waals surface area (Å²) in [5.74, 6) is 0.161. The van der Waals surface area contributed by atoms with E-state index in [2.05, 4.69) is 24.3 Å². The first-order valence-corrected chi connectivity index (χ1v) is 10.4. The number of aryl methyl sites for hydroxylation is 4. The van der Waals surface area contributed by atoms with E-state index in [0.29, 0.717) is 13.0 Å². The highest BCUT2D eigenvalue weighted by Crippen LogP contribution is 2.29. The molecule has 0 aromatic heterocycles. The van der Waals surface area contributed by atoms with Crippen molar-refractivity contribution in [2.45, 2.75) is 45.7 Å². The molecule has 0 spiro atoms. The van der Waals surface area contributed by atoms with Crippen LogP contribution in [-0.4, -0.2) is 17.1 Å². The Bertz CT molecular complexity index is 1070. The van der Waals surface area contributed by atoms with E-state index in [-0.39, 0.29) is 11.7 Å². The maximum Gasteiger partial charge on any atom is 0.244 e. The number of aromatic hydroxyl groups is 1. The normalized spacial score (nSPS) is 14.3. The number of nitrogens with zero attached hydrogens (tertiary/aromatic N) is 1. The Hall–Kier alpha value is -3.11. The number of fused-ring (bicyclic) bond motifs is 2. The highest BCUT2D eigenvalue weighted by molar-refractivity contribution is 5.98. The van der Waals surface area contributed by atoms with E-state index in [0.717, 1.165) is 35.2 Å². The predicted molar refractivity (Wildman–Crippen MR) is 121 cm³/mol. The smallest absolute Gasteiger partial charge is 0.244 e. The maximum atomic E-state index is 13.6. The van der Waals surface area contributed by atoms with Gasteiger partial charge in [0.25, 0.3) is 0 Å². The molecule has 0 fully saturated rings. The molecule has 1 amide bonds. The van der Waals surface area contributed by atoms with E-state index in [1.165, 1.54) is 16.7 Å². The number of phenolic OH excluding ortho intramolecular Hbond substituents is 1. The molecule has 1 aliphatic heterocycles. The highest BCUT2D eigenvalue weighted by Gasteiger charge is 2.27. The van der Waals surface area contributed by atoms with E-state index < -0.39 is 6.04 Å². The van der Waals surface area contributed by atoms with Crippen LogP contribution in [-0.2, 0) is 30.6 Å². The molecular formula is C26H28N2O2. The number of benzene rings is 3. The van der Waals surface area contributed by atoms with Crippen LogP contribution < -0.4 is 10.6 Å². The summed E-state index contributed by atoms with van der Waals surface area (Å²) in [6.45, 7) is 4.41. The first-order chi connectivity index (χ1) is 14.4. The van der Waals surface area contributed by atoms with Gasteiger partial charge in [0, 0.05) is 5.69 Å². The molecule has 4 nitrogen and oxygen atoms in total. The number of carbonyl (C=O) groups is 1. The van der Waals surface area contributed by atoms with Gasteiger partial charge >= 0.3 is 0 Å². The van der Waals surface area contributed by atoms with E-state index in [1.807, 2.05) is 43.0 Å². The van der Waals surface area contributed by atoms with Gasteiger partial charge in [0.1, 0.15) is 5.75 Å². The van der Waals surface area contributed by atoms with Crippen LogP contribution in [0.4, 0.5) is 5.69 Å². The number of rotatable bonds is 3. The fourth-order valence-electron chi connectivity index (χ4n) is 4.46. The van der Waals surface area contributed by atoms with E-state index in [9.17, 15) is 9.90 Å². The third-order valence-corrected chi connectivity index (χ3v) is 6.08. The van der Waals surface area contributed by atoms with Crippen molar-refractivity contribution in [2.75, 3.05) is 4.90 Å². The third kappa shape index (κ3) is 3.96. The average molecular weight is 401 g/mol. The Balaban J connectivity index is 1.67. The summed E-state index contributed by atoms with van der Waals surface area (Å²) in [7, 11) is 0. The van der Waals surface area contributed by atoms with Crippen molar-refractivity contribution in [2.24, 2.45) is 5.73 Å². The first-order valence-electron chi connectivity index (χ1n) is 10.4. The summed E-state index contributed by atoms with van der Waals surface area (Å²) in [6.07, 6.45) is 2.30. The quantitative estimate of drug-likeness (QED) is 0.692. The highest BCUT2D eigenvalue weighted by atomic mass is 16.3. The van der Waals surface area contributed by atoms with E-state index in [1.54, 1.807) is 12.1 Å². The number of hydrogen-bond acceptors (Lipinski definition) is 3. The number of nitrogens with two attached hydrogens (primary N) is 1. The van der Waals surface area contributed by atoms with E-state index in [4.69, 9.17) is 5.73 Å². The summed E-state index contributed by atoms with van der Waals surface area (Å²) < 4.78 is 0. The Morgan fingerprint density at radius 2 is 1.53 bits per heavy atom. The zero-order valence-corrected chi connectivity index (χ0v) is 17.6. The lowest BCUT2D eigenvalue weighted by Crippen LogP contribution is -2.45. The Morgan fingerprint density at radius 3 is 2.23 bits per heavy atom. The van der Waals surface area contributed by atoms with E-state index >= 15 is 0 Å². The second kappa shape index (κ2) is 8.33. The van der Waals surface area contributed by atoms with Gasteiger partial charge in [-0.05, 0) is 84.7 Å². The molecule has 0 bridgehead atoms. The van der Waals surface area contributed by atoms with Gasteiger partial charge in [-0.15, -0.1) is 0 Å². The molecule has 3 aromatic carbocycles. The molecule has 3 N–H and O–H groups in total. The lowest BCUT2D eigenvalue weighted by Gasteiger charge is -2.31. The molecule has 0 unspecified atom stereocenters. The SMILES string of the molecule is Cc1cc(O)cc(C)c1C[C@H](N)C(=O)N1Cc2ccccc2CCc2ccccc21. The Morgan fingerprint density at radius 1 is 0.967 bits per heavy atom. The molecule has 0 saturated carbocycles. The van der Waals surface area contributed by atoms with Crippen molar-refractivity contribution in [3.05, 3.63) is 94.0 Å². The van der Waals surface area contributed by atoms with Crippen LogP contribution in [0, 0.1) is 13.8 Å². The first kappa shape index (κ1) is 20.2. The summed E-state index contributed by atoms with van der Waals surface area (Å²) >= 11 is 0. The number of para-hydroxylation sites is 1. The molecule has 30 heavy (non-hydrogen) atoms. The monoisotopic (exact) mass is 400 g/mol. The number of amides is 1. The van der Waals surface area contributed by atoms with Crippen LogP contribution in [0.5, 0.6) is 5.75 Å². The molecule has 4 rings (SSSR count).